The number of halogens is 1. The van der Waals surface area contributed by atoms with Crippen molar-refractivity contribution in [1.29, 1.82) is 0 Å². The lowest BCUT2D eigenvalue weighted by molar-refractivity contribution is -0.135. The molecule has 5 nitrogen and oxygen atoms in total. The van der Waals surface area contributed by atoms with Gasteiger partial charge in [-0.2, -0.15) is 0 Å². The van der Waals surface area contributed by atoms with Gasteiger partial charge in [0.05, 0.1) is 20.3 Å². The highest BCUT2D eigenvalue weighted by atomic mass is 19.1. The summed E-state index contributed by atoms with van der Waals surface area (Å²) in [5.41, 5.74) is 3.69. The van der Waals surface area contributed by atoms with Crippen molar-refractivity contribution in [3.8, 4) is 5.75 Å². The maximum absolute atomic E-state index is 15.1. The zero-order valence-corrected chi connectivity index (χ0v) is 19.8. The minimum absolute atomic E-state index is 0.0218. The molecule has 5 rings (SSSR count). The molecule has 0 spiro atoms. The number of carbonyl (C=O) groups is 1. The second kappa shape index (κ2) is 10.3. The van der Waals surface area contributed by atoms with Gasteiger partial charge in [-0.25, -0.2) is 4.39 Å². The van der Waals surface area contributed by atoms with Gasteiger partial charge in [-0.15, -0.1) is 0 Å². The van der Waals surface area contributed by atoms with Crippen molar-refractivity contribution in [2.75, 3.05) is 33.4 Å². The van der Waals surface area contributed by atoms with E-state index in [4.69, 9.17) is 9.47 Å². The van der Waals surface area contributed by atoms with Crippen molar-refractivity contribution in [3.63, 3.8) is 0 Å². The van der Waals surface area contributed by atoms with Crippen LogP contribution in [0.2, 0.25) is 0 Å². The Morgan fingerprint density at radius 1 is 0.971 bits per heavy atom. The first kappa shape index (κ1) is 23.1. The van der Waals surface area contributed by atoms with E-state index in [9.17, 15) is 4.79 Å². The molecule has 1 fully saturated rings. The summed E-state index contributed by atoms with van der Waals surface area (Å²) in [5.74, 6) is 0.148. The number of nitrogens with zero attached hydrogens (tertiary/aromatic N) is 2. The third kappa shape index (κ3) is 4.93. The smallest absolute Gasteiger partial charge is 0.223 e. The van der Waals surface area contributed by atoms with Crippen LogP contribution >= 0.6 is 0 Å². The van der Waals surface area contributed by atoms with E-state index in [0.29, 0.717) is 38.4 Å². The normalized spacial score (nSPS) is 14.7. The number of hydrogen-bond acceptors (Lipinski definition) is 3. The maximum Gasteiger partial charge on any atom is 0.223 e. The number of carbonyl (C=O) groups excluding carboxylic acids is 1. The van der Waals surface area contributed by atoms with Crippen LogP contribution in [0.25, 0.3) is 10.9 Å². The summed E-state index contributed by atoms with van der Waals surface area (Å²) in [4.78, 5) is 15.1. The fraction of sp³-hybridized carbons (Fsp3) is 0.276. The number of hydrogen-bond donors (Lipinski definition) is 0. The first-order valence-electron chi connectivity index (χ1n) is 11.9. The van der Waals surface area contributed by atoms with E-state index in [1.807, 2.05) is 47.4 Å². The predicted molar refractivity (Wildman–Crippen MR) is 134 cm³/mol. The fourth-order valence-corrected chi connectivity index (χ4v) is 4.87. The Kier molecular flexibility index (Phi) is 6.82. The lowest BCUT2D eigenvalue weighted by Gasteiger charge is -2.28. The van der Waals surface area contributed by atoms with Crippen LogP contribution in [0.4, 0.5) is 4.39 Å². The van der Waals surface area contributed by atoms with E-state index < -0.39 is 5.92 Å². The van der Waals surface area contributed by atoms with Gasteiger partial charge in [-0.3, -0.25) is 4.79 Å². The molecule has 1 aliphatic rings. The molecular weight excluding hydrogens is 443 g/mol. The van der Waals surface area contributed by atoms with Crippen LogP contribution in [0.1, 0.15) is 29.0 Å². The zero-order valence-electron chi connectivity index (χ0n) is 19.8. The van der Waals surface area contributed by atoms with Gasteiger partial charge in [0.2, 0.25) is 5.91 Å². The highest BCUT2D eigenvalue weighted by molar-refractivity contribution is 5.87. The molecule has 0 radical (unpaired) electrons. The molecule has 1 saturated heterocycles. The molecule has 3 aromatic carbocycles. The number of para-hydroxylation sites is 1. The number of amides is 1. The lowest BCUT2D eigenvalue weighted by Crippen LogP contribution is -2.41. The van der Waals surface area contributed by atoms with E-state index in [0.717, 1.165) is 27.8 Å². The van der Waals surface area contributed by atoms with Gasteiger partial charge in [0.25, 0.3) is 0 Å². The Labute approximate surface area is 204 Å². The quantitative estimate of drug-likeness (QED) is 0.371. The Hall–Kier alpha value is -3.64. The Balaban J connectivity index is 1.55. The molecule has 180 valence electrons. The Morgan fingerprint density at radius 2 is 1.69 bits per heavy atom. The van der Waals surface area contributed by atoms with Gasteiger partial charge in [-0.1, -0.05) is 48.5 Å². The number of methoxy groups -OCH3 is 1. The molecule has 0 bridgehead atoms. The summed E-state index contributed by atoms with van der Waals surface area (Å²) in [6.45, 7) is 2.88. The van der Waals surface area contributed by atoms with Gasteiger partial charge in [0, 0.05) is 49.1 Å². The monoisotopic (exact) mass is 472 g/mol. The van der Waals surface area contributed by atoms with Crippen molar-refractivity contribution in [2.24, 2.45) is 0 Å². The second-order valence-electron chi connectivity index (χ2n) is 8.85. The van der Waals surface area contributed by atoms with Gasteiger partial charge in [0.15, 0.2) is 0 Å². The minimum Gasteiger partial charge on any atom is -0.497 e. The number of morpholine rings is 1. The summed E-state index contributed by atoms with van der Waals surface area (Å²) >= 11 is 0. The van der Waals surface area contributed by atoms with E-state index in [1.54, 1.807) is 19.2 Å². The largest absolute Gasteiger partial charge is 0.497 e. The number of ether oxygens (including phenoxy) is 2. The fourth-order valence-electron chi connectivity index (χ4n) is 4.87. The third-order valence-electron chi connectivity index (χ3n) is 6.73. The van der Waals surface area contributed by atoms with Crippen molar-refractivity contribution in [3.05, 3.63) is 102 Å². The molecule has 0 unspecified atom stereocenters. The molecule has 0 aliphatic carbocycles. The second-order valence-corrected chi connectivity index (χ2v) is 8.85. The molecule has 4 aromatic rings. The van der Waals surface area contributed by atoms with Crippen molar-refractivity contribution in [1.82, 2.24) is 9.47 Å². The topological polar surface area (TPSA) is 43.7 Å². The molecular formula is C29H29FN2O3. The van der Waals surface area contributed by atoms with E-state index in [1.165, 1.54) is 6.07 Å². The molecule has 1 atom stereocenters. The SMILES string of the molecule is COc1ccc(Cn2cc([C@H](CC(=O)N3CCOCC3)c3ccccc3F)c3ccccc32)cc1. The van der Waals surface area contributed by atoms with E-state index in [-0.39, 0.29) is 18.1 Å². The standard InChI is InChI=1S/C29H29FN2O3/c1-34-22-12-10-21(11-13-22)19-32-20-26(24-7-3-5-9-28(24)32)25(23-6-2-4-8-27(23)30)18-29(33)31-14-16-35-17-15-31/h2-13,20,25H,14-19H2,1H3/t25-/m1/s1. The summed E-state index contributed by atoms with van der Waals surface area (Å²) in [6.07, 6.45) is 2.29. The highest BCUT2D eigenvalue weighted by Crippen LogP contribution is 2.36. The van der Waals surface area contributed by atoms with Crippen LogP contribution in [0.5, 0.6) is 5.75 Å². The van der Waals surface area contributed by atoms with Crippen LogP contribution in [-0.4, -0.2) is 48.8 Å². The summed E-state index contributed by atoms with van der Waals surface area (Å²) in [5, 5.41) is 1.03. The Morgan fingerprint density at radius 3 is 2.43 bits per heavy atom. The number of benzene rings is 3. The average Bonchev–Trinajstić information content (AvgIpc) is 3.26. The van der Waals surface area contributed by atoms with Crippen molar-refractivity contribution < 1.29 is 18.7 Å². The lowest BCUT2D eigenvalue weighted by atomic mass is 9.87. The molecule has 2 heterocycles. The van der Waals surface area contributed by atoms with Crippen LogP contribution in [0.3, 0.4) is 0 Å². The summed E-state index contributed by atoms with van der Waals surface area (Å²) in [6, 6.07) is 22.9. The van der Waals surface area contributed by atoms with Gasteiger partial charge in [0.1, 0.15) is 11.6 Å². The van der Waals surface area contributed by atoms with Gasteiger partial charge >= 0.3 is 0 Å². The molecule has 6 heteroatoms. The molecule has 1 aromatic heterocycles. The van der Waals surface area contributed by atoms with Crippen molar-refractivity contribution in [2.45, 2.75) is 18.9 Å². The number of rotatable bonds is 7. The minimum atomic E-state index is -0.395. The predicted octanol–water partition coefficient (Wildman–Crippen LogP) is 5.22. The van der Waals surface area contributed by atoms with Crippen molar-refractivity contribution >= 4 is 16.8 Å². The highest BCUT2D eigenvalue weighted by Gasteiger charge is 2.27. The molecule has 0 saturated carbocycles. The third-order valence-corrected chi connectivity index (χ3v) is 6.73. The zero-order chi connectivity index (χ0) is 24.2. The van der Waals surface area contributed by atoms with Crippen LogP contribution in [0.15, 0.2) is 79.0 Å². The van der Waals surface area contributed by atoms with E-state index >= 15 is 4.39 Å². The molecule has 35 heavy (non-hydrogen) atoms. The molecule has 1 amide bonds. The van der Waals surface area contributed by atoms with Crippen LogP contribution < -0.4 is 4.74 Å². The average molecular weight is 473 g/mol. The summed E-state index contributed by atoms with van der Waals surface area (Å²) in [7, 11) is 1.65. The van der Waals surface area contributed by atoms with Crippen LogP contribution in [0, 0.1) is 5.82 Å². The maximum atomic E-state index is 15.1. The van der Waals surface area contributed by atoms with Crippen LogP contribution in [-0.2, 0) is 16.1 Å². The van der Waals surface area contributed by atoms with Gasteiger partial charge < -0.3 is 18.9 Å². The molecule has 1 aliphatic heterocycles. The Bertz CT molecular complexity index is 1310. The number of fused-ring (bicyclic) bond motifs is 1. The number of aromatic nitrogens is 1. The van der Waals surface area contributed by atoms with E-state index in [2.05, 4.69) is 22.9 Å². The molecule has 0 N–H and O–H groups in total. The summed E-state index contributed by atoms with van der Waals surface area (Å²) < 4.78 is 28.0. The first-order valence-corrected chi connectivity index (χ1v) is 11.9. The first-order chi connectivity index (χ1) is 17.1. The van der Waals surface area contributed by atoms with Gasteiger partial charge in [-0.05, 0) is 41.0 Å².